The summed E-state index contributed by atoms with van der Waals surface area (Å²) in [5.74, 6) is 1.76. The Balaban J connectivity index is 1.24. The molecule has 6 unspecified atom stereocenters. The van der Waals surface area contributed by atoms with Crippen molar-refractivity contribution in [3.63, 3.8) is 0 Å². The van der Waals surface area contributed by atoms with E-state index in [4.69, 9.17) is 9.47 Å². The average Bonchev–Trinajstić information content (AvgIpc) is 2.85. The first-order valence-electron chi connectivity index (χ1n) is 12.7. The van der Waals surface area contributed by atoms with Crippen LogP contribution in [0.1, 0.15) is 68.9 Å². The molecule has 0 amide bonds. The number of hydrogen-bond acceptors (Lipinski definition) is 2. The van der Waals surface area contributed by atoms with Gasteiger partial charge in [0.2, 0.25) is 0 Å². The van der Waals surface area contributed by atoms with Gasteiger partial charge in [-0.05, 0) is 105 Å². The van der Waals surface area contributed by atoms with Crippen LogP contribution < -0.4 is 0 Å². The van der Waals surface area contributed by atoms with Crippen LogP contribution in [0.15, 0.2) is 60.7 Å². The molecule has 0 aromatic heterocycles. The molecule has 0 N–H and O–H groups in total. The molecule has 33 heavy (non-hydrogen) atoms. The number of allylic oxidation sites excluding steroid dienone is 2. The summed E-state index contributed by atoms with van der Waals surface area (Å²) < 4.78 is 39.6. The van der Waals surface area contributed by atoms with E-state index in [1.54, 1.807) is 13.0 Å². The lowest BCUT2D eigenvalue weighted by Gasteiger charge is -2.42. The molecule has 2 saturated carbocycles. The largest absolute Gasteiger partial charge is 0.491 e. The molecule has 3 aliphatic carbocycles. The molecule has 6 atom stereocenters. The fourth-order valence-electron chi connectivity index (χ4n) is 5.96. The fraction of sp³-hybridized carbons (Fsp3) is 0.586. The second-order valence-corrected chi connectivity index (χ2v) is 9.98. The van der Waals surface area contributed by atoms with Gasteiger partial charge in [-0.3, -0.25) is 0 Å². The maximum atomic E-state index is 14.4. The van der Waals surface area contributed by atoms with Crippen molar-refractivity contribution in [2.75, 3.05) is 13.2 Å². The third-order valence-electron chi connectivity index (χ3n) is 7.84. The van der Waals surface area contributed by atoms with Crippen LogP contribution in [0.25, 0.3) is 0 Å². The summed E-state index contributed by atoms with van der Waals surface area (Å²) >= 11 is 0. The minimum Gasteiger partial charge on any atom is -0.491 e. The normalized spacial score (nSPS) is 31.8. The van der Waals surface area contributed by atoms with Gasteiger partial charge in [-0.25, -0.2) is 8.78 Å². The molecule has 3 aliphatic rings. The van der Waals surface area contributed by atoms with Gasteiger partial charge in [0.1, 0.15) is 6.10 Å². The van der Waals surface area contributed by atoms with Crippen molar-refractivity contribution in [1.29, 1.82) is 0 Å². The molecule has 0 spiro atoms. The minimum atomic E-state index is -1.77. The maximum absolute atomic E-state index is 14.4. The highest BCUT2D eigenvalue weighted by molar-refractivity contribution is 5.28. The molecular weight excluding hydrogens is 418 g/mol. The molecule has 2 nitrogen and oxygen atoms in total. The number of aryl methyl sites for hydroxylation is 1. The first-order valence-corrected chi connectivity index (χ1v) is 12.7. The molecular formula is C29H38F2O2. The zero-order chi connectivity index (χ0) is 23.2. The van der Waals surface area contributed by atoms with E-state index in [0.29, 0.717) is 25.0 Å². The van der Waals surface area contributed by atoms with Crippen LogP contribution in [0.2, 0.25) is 0 Å². The number of alkyl halides is 1. The summed E-state index contributed by atoms with van der Waals surface area (Å²) in [4.78, 5) is 0. The predicted molar refractivity (Wildman–Crippen MR) is 129 cm³/mol. The third-order valence-corrected chi connectivity index (χ3v) is 7.84. The van der Waals surface area contributed by atoms with Gasteiger partial charge >= 0.3 is 0 Å². The van der Waals surface area contributed by atoms with Crippen LogP contribution in [0, 0.1) is 17.8 Å². The third kappa shape index (κ3) is 5.95. The van der Waals surface area contributed by atoms with Crippen molar-refractivity contribution >= 4 is 0 Å². The van der Waals surface area contributed by atoms with E-state index in [1.807, 2.05) is 6.08 Å². The van der Waals surface area contributed by atoms with E-state index in [1.165, 1.54) is 42.9 Å². The topological polar surface area (TPSA) is 18.5 Å². The number of hydrogen-bond donors (Lipinski definition) is 0. The minimum absolute atomic E-state index is 0.00600. The first kappa shape index (κ1) is 24.2. The summed E-state index contributed by atoms with van der Waals surface area (Å²) in [7, 11) is 0. The number of ether oxygens (including phenoxy) is 2. The van der Waals surface area contributed by atoms with Crippen LogP contribution >= 0.6 is 0 Å². The van der Waals surface area contributed by atoms with Crippen molar-refractivity contribution in [2.24, 2.45) is 17.8 Å². The lowest BCUT2D eigenvalue weighted by molar-refractivity contribution is -0.0113. The van der Waals surface area contributed by atoms with Crippen molar-refractivity contribution in [3.8, 4) is 0 Å². The Labute approximate surface area is 197 Å². The van der Waals surface area contributed by atoms with Gasteiger partial charge in [0, 0.05) is 0 Å². The van der Waals surface area contributed by atoms with Crippen molar-refractivity contribution in [2.45, 2.75) is 76.5 Å². The quantitative estimate of drug-likeness (QED) is 0.356. The standard InChI is InChI=1S/C29H38F2O2/c1-3-5-6-20-7-10-22(11-8-20)24-14-13-23-17-21(9-12-25(23)18-24)19-33-27-16-15-26(32-4-2)28(30)29(27)31/h3,7-8,10-11,15-16,21,23-25,27,29H,1,4-6,9,12-14,17-19H2,2H3. The molecule has 180 valence electrons. The number of halogens is 2. The summed E-state index contributed by atoms with van der Waals surface area (Å²) in [5, 5.41) is 0. The number of fused-ring (bicyclic) bond motifs is 1. The van der Waals surface area contributed by atoms with Crippen LogP contribution in [-0.4, -0.2) is 25.5 Å². The van der Waals surface area contributed by atoms with E-state index >= 15 is 0 Å². The molecule has 0 radical (unpaired) electrons. The highest BCUT2D eigenvalue weighted by Gasteiger charge is 2.37. The molecule has 0 saturated heterocycles. The van der Waals surface area contributed by atoms with Crippen LogP contribution in [0.3, 0.4) is 0 Å². The van der Waals surface area contributed by atoms with E-state index in [2.05, 4.69) is 30.8 Å². The maximum Gasteiger partial charge on any atom is 0.185 e. The van der Waals surface area contributed by atoms with Gasteiger partial charge in [-0.15, -0.1) is 6.58 Å². The van der Waals surface area contributed by atoms with Gasteiger partial charge in [0.15, 0.2) is 17.8 Å². The summed E-state index contributed by atoms with van der Waals surface area (Å²) in [6.45, 7) is 6.39. The lowest BCUT2D eigenvalue weighted by atomic mass is 9.64. The zero-order valence-corrected chi connectivity index (χ0v) is 19.9. The second-order valence-electron chi connectivity index (χ2n) is 9.98. The second kappa shape index (κ2) is 11.5. The number of benzene rings is 1. The Morgan fingerprint density at radius 1 is 1.06 bits per heavy atom. The van der Waals surface area contributed by atoms with Gasteiger partial charge in [-0.1, -0.05) is 30.3 Å². The molecule has 2 fully saturated rings. The Morgan fingerprint density at radius 2 is 1.82 bits per heavy atom. The van der Waals surface area contributed by atoms with Gasteiger partial charge in [0.25, 0.3) is 0 Å². The molecule has 1 aromatic rings. The molecule has 0 bridgehead atoms. The van der Waals surface area contributed by atoms with Gasteiger partial charge < -0.3 is 9.47 Å². The van der Waals surface area contributed by atoms with E-state index < -0.39 is 18.1 Å². The molecule has 0 aliphatic heterocycles. The number of rotatable bonds is 9. The Kier molecular flexibility index (Phi) is 8.40. The van der Waals surface area contributed by atoms with Gasteiger partial charge in [0.05, 0.1) is 13.2 Å². The fourth-order valence-corrected chi connectivity index (χ4v) is 5.96. The zero-order valence-electron chi connectivity index (χ0n) is 19.9. The molecule has 0 heterocycles. The predicted octanol–water partition coefficient (Wildman–Crippen LogP) is 7.62. The molecule has 4 heteroatoms. The Bertz CT molecular complexity index is 844. The van der Waals surface area contributed by atoms with Crippen LogP contribution in [-0.2, 0) is 15.9 Å². The van der Waals surface area contributed by atoms with Crippen LogP contribution in [0.5, 0.6) is 0 Å². The monoisotopic (exact) mass is 456 g/mol. The molecule has 4 rings (SSSR count). The SMILES string of the molecule is C=CCCc1ccc(C2CCC3CC(COC4C=CC(OCC)=C(F)C4F)CCC3C2)cc1. The smallest absolute Gasteiger partial charge is 0.185 e. The highest BCUT2D eigenvalue weighted by atomic mass is 19.2. The first-order chi connectivity index (χ1) is 16.1. The van der Waals surface area contributed by atoms with Gasteiger partial charge in [-0.2, -0.15) is 0 Å². The van der Waals surface area contributed by atoms with Crippen molar-refractivity contribution in [3.05, 3.63) is 71.8 Å². The summed E-state index contributed by atoms with van der Waals surface area (Å²) in [6, 6.07) is 9.23. The lowest BCUT2D eigenvalue weighted by Crippen LogP contribution is -2.34. The van der Waals surface area contributed by atoms with E-state index in [0.717, 1.165) is 37.5 Å². The Morgan fingerprint density at radius 3 is 2.58 bits per heavy atom. The molecule has 1 aromatic carbocycles. The summed E-state index contributed by atoms with van der Waals surface area (Å²) in [6.07, 6.45) is 11.8. The summed E-state index contributed by atoms with van der Waals surface area (Å²) in [5.41, 5.74) is 2.88. The van der Waals surface area contributed by atoms with Crippen molar-refractivity contribution in [1.82, 2.24) is 0 Å². The van der Waals surface area contributed by atoms with E-state index in [-0.39, 0.29) is 5.76 Å². The highest BCUT2D eigenvalue weighted by Crippen LogP contribution is 2.47. The Hall–Kier alpha value is -1.94. The average molecular weight is 457 g/mol. The van der Waals surface area contributed by atoms with Crippen molar-refractivity contribution < 1.29 is 18.3 Å². The van der Waals surface area contributed by atoms with E-state index in [9.17, 15) is 8.78 Å². The van der Waals surface area contributed by atoms with Crippen LogP contribution in [0.4, 0.5) is 8.78 Å².